The maximum absolute atomic E-state index is 6.20. The number of hydrogen-bond acceptors (Lipinski definition) is 2. The predicted octanol–water partition coefficient (Wildman–Crippen LogP) is 16.8. The van der Waals surface area contributed by atoms with E-state index in [1.165, 1.54) is 49.6 Å². The predicted molar refractivity (Wildman–Crippen MR) is 264 cm³/mol. The fourth-order valence-corrected chi connectivity index (χ4v) is 9.37. The van der Waals surface area contributed by atoms with Crippen LogP contribution in [-0.4, -0.2) is 4.57 Å². The van der Waals surface area contributed by atoms with Crippen molar-refractivity contribution in [3.8, 4) is 50.2 Å². The molecule has 0 aliphatic carbocycles. The van der Waals surface area contributed by atoms with E-state index < -0.39 is 0 Å². The van der Waals surface area contributed by atoms with Crippen molar-refractivity contribution in [1.82, 2.24) is 4.57 Å². The van der Waals surface area contributed by atoms with Gasteiger partial charge in [-0.2, -0.15) is 0 Å². The molecule has 0 aliphatic heterocycles. The molecule has 0 amide bonds. The van der Waals surface area contributed by atoms with Gasteiger partial charge in [-0.15, -0.1) is 0 Å². The summed E-state index contributed by atoms with van der Waals surface area (Å²) in [5.41, 5.74) is 18.0. The van der Waals surface area contributed by atoms with E-state index in [1.54, 1.807) is 0 Å². The van der Waals surface area contributed by atoms with Gasteiger partial charge in [0.2, 0.25) is 0 Å². The van der Waals surface area contributed by atoms with Crippen LogP contribution in [0.3, 0.4) is 0 Å². The van der Waals surface area contributed by atoms with Gasteiger partial charge in [0.05, 0.1) is 11.0 Å². The van der Waals surface area contributed by atoms with Crippen molar-refractivity contribution < 1.29 is 4.42 Å². The summed E-state index contributed by atoms with van der Waals surface area (Å²) in [6, 6.07) is 87.1. The minimum Gasteiger partial charge on any atom is -0.456 e. The summed E-state index contributed by atoms with van der Waals surface area (Å²) in [4.78, 5) is 2.36. The Labute approximate surface area is 366 Å². The molecule has 296 valence electrons. The maximum atomic E-state index is 6.20. The molecule has 0 N–H and O–H groups in total. The fourth-order valence-electron chi connectivity index (χ4n) is 9.37. The van der Waals surface area contributed by atoms with Gasteiger partial charge in [-0.1, -0.05) is 176 Å². The van der Waals surface area contributed by atoms with Crippen LogP contribution in [0, 0.1) is 0 Å². The molecule has 3 heteroatoms. The number of furan rings is 1. The van der Waals surface area contributed by atoms with Crippen molar-refractivity contribution in [3.05, 3.63) is 243 Å². The summed E-state index contributed by atoms with van der Waals surface area (Å²) in [6.45, 7) is 0. The van der Waals surface area contributed by atoms with E-state index in [4.69, 9.17) is 4.42 Å². The standard InChI is InChI=1S/C60H40N2O/c1-2-12-41(13-3-1)42-24-26-43(27-25-42)45-32-36-48(37-33-45)61(50-14-10-15-51(40-50)62-56-20-7-4-16-53(56)54-17-5-8-21-57(54)62)49-38-34-46(35-39-49)44-28-30-47(31-29-44)52-19-11-23-59-60(52)55-18-6-9-22-58(55)63-59/h1-40H. The first kappa shape index (κ1) is 36.5. The van der Waals surface area contributed by atoms with E-state index >= 15 is 0 Å². The second-order valence-electron chi connectivity index (χ2n) is 16.1. The third-order valence-electron chi connectivity index (χ3n) is 12.4. The van der Waals surface area contributed by atoms with Crippen molar-refractivity contribution in [2.24, 2.45) is 0 Å². The number of aromatic nitrogens is 1. The molecular formula is C60H40N2O. The zero-order chi connectivity index (χ0) is 41.7. The Bertz CT molecular complexity index is 3530. The third kappa shape index (κ3) is 6.46. The molecule has 0 bridgehead atoms. The van der Waals surface area contributed by atoms with Crippen LogP contribution in [0.1, 0.15) is 0 Å². The van der Waals surface area contributed by atoms with Gasteiger partial charge in [-0.3, -0.25) is 0 Å². The molecule has 12 rings (SSSR count). The van der Waals surface area contributed by atoms with Crippen LogP contribution in [0.4, 0.5) is 17.1 Å². The molecule has 63 heavy (non-hydrogen) atoms. The van der Waals surface area contributed by atoms with Crippen molar-refractivity contribution in [3.63, 3.8) is 0 Å². The lowest BCUT2D eigenvalue weighted by atomic mass is 9.97. The zero-order valence-corrected chi connectivity index (χ0v) is 34.4. The summed E-state index contributed by atoms with van der Waals surface area (Å²) < 4.78 is 8.59. The van der Waals surface area contributed by atoms with Crippen LogP contribution in [0.2, 0.25) is 0 Å². The lowest BCUT2D eigenvalue weighted by Crippen LogP contribution is -2.10. The molecular weight excluding hydrogens is 765 g/mol. The molecule has 2 heterocycles. The smallest absolute Gasteiger partial charge is 0.136 e. The number of rotatable bonds is 8. The first-order chi connectivity index (χ1) is 31.2. The molecule has 0 atom stereocenters. The highest BCUT2D eigenvalue weighted by Gasteiger charge is 2.18. The normalized spacial score (nSPS) is 11.5. The Kier molecular flexibility index (Phi) is 8.83. The summed E-state index contributed by atoms with van der Waals surface area (Å²) in [5, 5.41) is 4.79. The van der Waals surface area contributed by atoms with Crippen LogP contribution >= 0.6 is 0 Å². The maximum Gasteiger partial charge on any atom is 0.136 e. The molecule has 10 aromatic carbocycles. The molecule has 0 spiro atoms. The van der Waals surface area contributed by atoms with Gasteiger partial charge in [0.1, 0.15) is 11.2 Å². The summed E-state index contributed by atoms with van der Waals surface area (Å²) >= 11 is 0. The second-order valence-corrected chi connectivity index (χ2v) is 16.1. The van der Waals surface area contributed by atoms with Crippen molar-refractivity contribution >= 4 is 60.8 Å². The number of hydrogen-bond donors (Lipinski definition) is 0. The highest BCUT2D eigenvalue weighted by atomic mass is 16.3. The van der Waals surface area contributed by atoms with Crippen LogP contribution in [-0.2, 0) is 0 Å². The van der Waals surface area contributed by atoms with Crippen LogP contribution in [0.5, 0.6) is 0 Å². The number of benzene rings is 10. The molecule has 0 saturated heterocycles. The Balaban J connectivity index is 0.914. The molecule has 0 fully saturated rings. The van der Waals surface area contributed by atoms with Gasteiger partial charge in [0, 0.05) is 44.3 Å². The van der Waals surface area contributed by atoms with Crippen molar-refractivity contribution in [1.29, 1.82) is 0 Å². The Morgan fingerprint density at radius 1 is 0.302 bits per heavy atom. The monoisotopic (exact) mass is 804 g/mol. The summed E-state index contributed by atoms with van der Waals surface area (Å²) in [7, 11) is 0. The van der Waals surface area contributed by atoms with E-state index in [-0.39, 0.29) is 0 Å². The van der Waals surface area contributed by atoms with Crippen molar-refractivity contribution in [2.45, 2.75) is 0 Å². The lowest BCUT2D eigenvalue weighted by Gasteiger charge is -2.26. The van der Waals surface area contributed by atoms with Crippen LogP contribution < -0.4 is 4.90 Å². The quantitative estimate of drug-likeness (QED) is 0.153. The average Bonchev–Trinajstić information content (AvgIpc) is 3.91. The molecule has 0 aliphatic rings. The molecule has 0 saturated carbocycles. The van der Waals surface area contributed by atoms with Crippen LogP contribution in [0.25, 0.3) is 93.9 Å². The number of para-hydroxylation sites is 3. The van der Waals surface area contributed by atoms with Gasteiger partial charge >= 0.3 is 0 Å². The highest BCUT2D eigenvalue weighted by molar-refractivity contribution is 6.12. The second kappa shape index (κ2) is 15.3. The van der Waals surface area contributed by atoms with Crippen molar-refractivity contribution in [2.75, 3.05) is 4.90 Å². The fraction of sp³-hybridized carbons (Fsp3) is 0. The zero-order valence-electron chi connectivity index (χ0n) is 34.4. The SMILES string of the molecule is c1ccc(-c2ccc(-c3ccc(N(c4ccc(-c5ccc(-c6cccc7oc8ccccc8c67)cc5)cc4)c4cccc(-n5c6ccccc6c6ccccc65)c4)cc3)cc2)cc1. The van der Waals surface area contributed by atoms with Crippen LogP contribution in [0.15, 0.2) is 247 Å². The molecule has 3 nitrogen and oxygen atoms in total. The first-order valence-electron chi connectivity index (χ1n) is 21.5. The minimum absolute atomic E-state index is 0.908. The number of anilines is 3. The molecule has 12 aromatic rings. The van der Waals surface area contributed by atoms with E-state index in [1.807, 2.05) is 12.1 Å². The molecule has 0 unspecified atom stereocenters. The molecule has 0 radical (unpaired) electrons. The van der Waals surface area contributed by atoms with E-state index in [2.05, 4.69) is 240 Å². The highest BCUT2D eigenvalue weighted by Crippen LogP contribution is 2.41. The number of nitrogens with zero attached hydrogens (tertiary/aromatic N) is 2. The minimum atomic E-state index is 0.908. The van der Waals surface area contributed by atoms with Gasteiger partial charge in [-0.25, -0.2) is 0 Å². The lowest BCUT2D eigenvalue weighted by molar-refractivity contribution is 0.669. The third-order valence-corrected chi connectivity index (χ3v) is 12.4. The molecule has 2 aromatic heterocycles. The average molecular weight is 805 g/mol. The summed E-state index contributed by atoms with van der Waals surface area (Å²) in [6.07, 6.45) is 0. The Morgan fingerprint density at radius 3 is 1.33 bits per heavy atom. The summed E-state index contributed by atoms with van der Waals surface area (Å²) in [5.74, 6) is 0. The Hall–Kier alpha value is -8.40. The van der Waals surface area contributed by atoms with Gasteiger partial charge in [0.25, 0.3) is 0 Å². The Morgan fingerprint density at radius 2 is 0.746 bits per heavy atom. The topological polar surface area (TPSA) is 21.3 Å². The van der Waals surface area contributed by atoms with Gasteiger partial charge in [-0.05, 0) is 111 Å². The first-order valence-corrected chi connectivity index (χ1v) is 21.5. The largest absolute Gasteiger partial charge is 0.456 e. The van der Waals surface area contributed by atoms with E-state index in [0.717, 1.165) is 61.4 Å². The van der Waals surface area contributed by atoms with E-state index in [9.17, 15) is 0 Å². The number of fused-ring (bicyclic) bond motifs is 6. The van der Waals surface area contributed by atoms with E-state index in [0.29, 0.717) is 0 Å². The van der Waals surface area contributed by atoms with Gasteiger partial charge < -0.3 is 13.9 Å². The van der Waals surface area contributed by atoms with Gasteiger partial charge in [0.15, 0.2) is 0 Å².